The smallest absolute Gasteiger partial charge is 0.235 e. The molecule has 9 aromatic rings. The molecule has 1 aliphatic heterocycles. The number of para-hydroxylation sites is 4. The number of fused-ring (bicyclic) bond motifs is 7. The fraction of sp³-hybridized carbons (Fsp3) is 0.0357. The van der Waals surface area contributed by atoms with E-state index in [0.717, 1.165) is 61.5 Å². The standard InChI is InChI=1S/C56H38N4/c1-2-16-44(17-3-1)59-53-24-11-8-19-47(53)48-33-31-42(36-54(48)59)41-32-34-52-43(35-41)30-27-39-14-5-10-23-51(39)60(52)56-57-50-22-9-7-20-49(50)55(58-56)40-28-25-38(26-29-40)46-21-12-15-37-13-4-6-18-45(37)46/h1-36,45-46H. The van der Waals surface area contributed by atoms with Gasteiger partial charge in [0.2, 0.25) is 5.95 Å². The van der Waals surface area contributed by atoms with Crippen molar-refractivity contribution < 1.29 is 0 Å². The van der Waals surface area contributed by atoms with E-state index in [1.165, 1.54) is 32.9 Å². The van der Waals surface area contributed by atoms with Crippen LogP contribution in [0.25, 0.3) is 72.9 Å². The molecule has 12 rings (SSSR count). The number of allylic oxidation sites excluding steroid dienone is 8. The van der Waals surface area contributed by atoms with E-state index in [-0.39, 0.29) is 5.92 Å². The molecule has 0 fully saturated rings. The lowest BCUT2D eigenvalue weighted by Gasteiger charge is -2.28. The largest absolute Gasteiger partial charge is 0.309 e. The van der Waals surface area contributed by atoms with Crippen molar-refractivity contribution in [3.8, 4) is 28.1 Å². The Labute approximate surface area is 348 Å². The van der Waals surface area contributed by atoms with Crippen LogP contribution >= 0.6 is 0 Å². The van der Waals surface area contributed by atoms with Crippen molar-refractivity contribution in [1.82, 2.24) is 14.5 Å². The maximum Gasteiger partial charge on any atom is 0.235 e. The summed E-state index contributed by atoms with van der Waals surface area (Å²) in [6.07, 6.45) is 20.0. The second-order valence-corrected chi connectivity index (χ2v) is 15.8. The van der Waals surface area contributed by atoms with E-state index in [9.17, 15) is 0 Å². The second kappa shape index (κ2) is 13.9. The van der Waals surface area contributed by atoms with Crippen LogP contribution in [0.15, 0.2) is 212 Å². The molecule has 0 bridgehead atoms. The normalized spacial score (nSPS) is 16.5. The third-order valence-corrected chi connectivity index (χ3v) is 12.4. The van der Waals surface area contributed by atoms with E-state index in [2.05, 4.69) is 228 Å². The first-order valence-electron chi connectivity index (χ1n) is 20.7. The summed E-state index contributed by atoms with van der Waals surface area (Å²) in [5.74, 6) is 1.27. The van der Waals surface area contributed by atoms with Crippen molar-refractivity contribution in [2.24, 2.45) is 5.92 Å². The van der Waals surface area contributed by atoms with Crippen molar-refractivity contribution in [2.45, 2.75) is 5.92 Å². The molecule has 3 heterocycles. The first-order valence-corrected chi connectivity index (χ1v) is 20.7. The van der Waals surface area contributed by atoms with Crippen LogP contribution in [0, 0.1) is 5.92 Å². The van der Waals surface area contributed by atoms with Gasteiger partial charge < -0.3 is 4.57 Å². The van der Waals surface area contributed by atoms with E-state index < -0.39 is 0 Å². The molecular weight excluding hydrogens is 729 g/mol. The lowest BCUT2D eigenvalue weighted by Crippen LogP contribution is -2.15. The monoisotopic (exact) mass is 766 g/mol. The summed E-state index contributed by atoms with van der Waals surface area (Å²) >= 11 is 0. The average Bonchev–Trinajstić information content (AvgIpc) is 3.55. The first-order chi connectivity index (χ1) is 29.7. The van der Waals surface area contributed by atoms with Gasteiger partial charge in [-0.05, 0) is 81.9 Å². The molecule has 2 aromatic heterocycles. The first kappa shape index (κ1) is 34.2. The summed E-state index contributed by atoms with van der Waals surface area (Å²) in [5, 5.41) is 3.51. The molecule has 4 heteroatoms. The van der Waals surface area contributed by atoms with Crippen LogP contribution in [0.5, 0.6) is 0 Å². The van der Waals surface area contributed by atoms with Gasteiger partial charge in [0.15, 0.2) is 0 Å². The van der Waals surface area contributed by atoms with Crippen molar-refractivity contribution in [2.75, 3.05) is 4.90 Å². The van der Waals surface area contributed by atoms with Crippen molar-refractivity contribution in [3.63, 3.8) is 0 Å². The molecule has 282 valence electrons. The Bertz CT molecular complexity index is 3320. The fourth-order valence-corrected chi connectivity index (χ4v) is 9.47. The molecule has 0 N–H and O–H groups in total. The molecule has 2 unspecified atom stereocenters. The molecule has 0 radical (unpaired) electrons. The average molecular weight is 767 g/mol. The Morgan fingerprint density at radius 3 is 2.07 bits per heavy atom. The molecule has 2 aliphatic carbocycles. The van der Waals surface area contributed by atoms with Gasteiger partial charge in [-0.15, -0.1) is 0 Å². The highest BCUT2D eigenvalue weighted by molar-refractivity contribution is 6.10. The van der Waals surface area contributed by atoms with E-state index in [0.29, 0.717) is 11.9 Å². The summed E-state index contributed by atoms with van der Waals surface area (Å²) in [4.78, 5) is 13.0. The van der Waals surface area contributed by atoms with Gasteiger partial charge in [0.05, 0.1) is 33.6 Å². The highest BCUT2D eigenvalue weighted by Crippen LogP contribution is 2.44. The van der Waals surface area contributed by atoms with E-state index in [1.54, 1.807) is 0 Å². The molecule has 3 aliphatic rings. The van der Waals surface area contributed by atoms with Gasteiger partial charge in [0.25, 0.3) is 0 Å². The summed E-state index contributed by atoms with van der Waals surface area (Å²) in [6.45, 7) is 0. The van der Waals surface area contributed by atoms with Gasteiger partial charge in [0.1, 0.15) is 0 Å². The van der Waals surface area contributed by atoms with Crippen LogP contribution in [0.2, 0.25) is 0 Å². The number of anilines is 3. The van der Waals surface area contributed by atoms with Gasteiger partial charge in [-0.1, -0.05) is 170 Å². The zero-order chi connectivity index (χ0) is 39.6. The third kappa shape index (κ3) is 5.60. The van der Waals surface area contributed by atoms with Crippen molar-refractivity contribution in [3.05, 3.63) is 229 Å². The minimum atomic E-state index is 0.288. The van der Waals surface area contributed by atoms with Gasteiger partial charge in [0, 0.05) is 39.2 Å². The van der Waals surface area contributed by atoms with Gasteiger partial charge in [-0.25, -0.2) is 9.97 Å². The molecule has 0 amide bonds. The lowest BCUT2D eigenvalue weighted by molar-refractivity contribution is 0.670. The van der Waals surface area contributed by atoms with Crippen LogP contribution < -0.4 is 4.90 Å². The molecular formula is C56H38N4. The fourth-order valence-electron chi connectivity index (χ4n) is 9.47. The lowest BCUT2D eigenvalue weighted by atomic mass is 9.76. The van der Waals surface area contributed by atoms with Gasteiger partial charge in [-0.3, -0.25) is 4.90 Å². The zero-order valence-electron chi connectivity index (χ0n) is 32.7. The molecule has 4 nitrogen and oxygen atoms in total. The van der Waals surface area contributed by atoms with Gasteiger partial charge in [-0.2, -0.15) is 0 Å². The number of aromatic nitrogens is 3. The Morgan fingerprint density at radius 1 is 0.450 bits per heavy atom. The minimum Gasteiger partial charge on any atom is -0.309 e. The predicted molar refractivity (Wildman–Crippen MR) is 250 cm³/mol. The van der Waals surface area contributed by atoms with Crippen molar-refractivity contribution in [1.29, 1.82) is 0 Å². The number of benzene rings is 7. The maximum atomic E-state index is 5.46. The van der Waals surface area contributed by atoms with Crippen molar-refractivity contribution >= 4 is 62.2 Å². The quantitative estimate of drug-likeness (QED) is 0.175. The van der Waals surface area contributed by atoms with Crippen LogP contribution in [0.1, 0.15) is 22.6 Å². The van der Waals surface area contributed by atoms with Crippen LogP contribution in [0.4, 0.5) is 17.3 Å². The Balaban J connectivity index is 0.977. The highest BCUT2D eigenvalue weighted by Gasteiger charge is 2.26. The Morgan fingerprint density at radius 2 is 1.15 bits per heavy atom. The minimum absolute atomic E-state index is 0.288. The third-order valence-electron chi connectivity index (χ3n) is 12.4. The molecule has 0 saturated carbocycles. The zero-order valence-corrected chi connectivity index (χ0v) is 32.7. The second-order valence-electron chi connectivity index (χ2n) is 15.8. The van der Waals surface area contributed by atoms with Crippen LogP contribution in [-0.4, -0.2) is 14.5 Å². The number of rotatable bonds is 5. The summed E-state index contributed by atoms with van der Waals surface area (Å²) in [7, 11) is 0. The SMILES string of the molecule is C1=CC2=CC=CC(c3ccc(-c4nc(N5c6ccccc6C=Cc6cc(-c7ccc8c9ccccc9n(-c9ccccc9)c8c7)ccc65)nc5ccccc45)cc3)C2C=C1. The van der Waals surface area contributed by atoms with Crippen LogP contribution in [0.3, 0.4) is 0 Å². The van der Waals surface area contributed by atoms with E-state index >= 15 is 0 Å². The summed E-state index contributed by atoms with van der Waals surface area (Å²) in [6, 6.07) is 58.9. The molecule has 60 heavy (non-hydrogen) atoms. The summed E-state index contributed by atoms with van der Waals surface area (Å²) in [5.41, 5.74) is 15.6. The molecule has 7 aromatic carbocycles. The highest BCUT2D eigenvalue weighted by atomic mass is 15.3. The van der Waals surface area contributed by atoms with E-state index in [1.807, 2.05) is 0 Å². The number of nitrogens with zero attached hydrogens (tertiary/aromatic N) is 4. The number of hydrogen-bond donors (Lipinski definition) is 0. The van der Waals surface area contributed by atoms with Gasteiger partial charge >= 0.3 is 0 Å². The molecule has 0 saturated heterocycles. The Kier molecular flexibility index (Phi) is 7.95. The topological polar surface area (TPSA) is 34.0 Å². The van der Waals surface area contributed by atoms with E-state index in [4.69, 9.17) is 9.97 Å². The van der Waals surface area contributed by atoms with Crippen LogP contribution in [-0.2, 0) is 0 Å². The Hall–Kier alpha value is -7.82. The predicted octanol–water partition coefficient (Wildman–Crippen LogP) is 14.3. The number of hydrogen-bond acceptors (Lipinski definition) is 3. The summed E-state index contributed by atoms with van der Waals surface area (Å²) < 4.78 is 2.38. The maximum absolute atomic E-state index is 5.46. The molecule has 2 atom stereocenters. The molecule has 0 spiro atoms.